The Labute approximate surface area is 132 Å². The van der Waals surface area contributed by atoms with E-state index in [2.05, 4.69) is 24.3 Å². The van der Waals surface area contributed by atoms with Crippen LogP contribution in [0.1, 0.15) is 15.9 Å². The van der Waals surface area contributed by atoms with Gasteiger partial charge in [0.25, 0.3) is 0 Å². The first-order valence-corrected chi connectivity index (χ1v) is 7.78. The molecule has 3 nitrogen and oxygen atoms in total. The smallest absolute Gasteiger partial charge is 0.339 e. The number of carbonyl (C=O) groups is 1. The average Bonchev–Trinajstić information content (AvgIpc) is 2.45. The van der Waals surface area contributed by atoms with E-state index in [1.807, 2.05) is 6.92 Å². The van der Waals surface area contributed by atoms with Gasteiger partial charge in [-0.25, -0.2) is 4.79 Å². The van der Waals surface area contributed by atoms with E-state index in [4.69, 9.17) is 21.4 Å². The number of thioether (sulfide) groups is 1. The Bertz CT molecular complexity index is 626. The second kappa shape index (κ2) is 7.38. The van der Waals surface area contributed by atoms with Crippen molar-refractivity contribution in [2.24, 2.45) is 0 Å². The summed E-state index contributed by atoms with van der Waals surface area (Å²) in [6, 6.07) is 12.8. The summed E-state index contributed by atoms with van der Waals surface area (Å²) in [5.74, 6) is 0.0154. The van der Waals surface area contributed by atoms with E-state index in [9.17, 15) is 4.79 Å². The molecule has 0 aliphatic heterocycles. The van der Waals surface area contributed by atoms with Crippen molar-refractivity contribution in [2.75, 3.05) is 12.4 Å². The molecule has 2 aromatic rings. The Morgan fingerprint density at radius 2 is 1.95 bits per heavy atom. The summed E-state index contributed by atoms with van der Waals surface area (Å²) < 4.78 is 5.54. The van der Waals surface area contributed by atoms with Crippen LogP contribution >= 0.6 is 23.4 Å². The zero-order valence-electron chi connectivity index (χ0n) is 11.5. The van der Waals surface area contributed by atoms with Crippen LogP contribution < -0.4 is 4.74 Å². The second-order valence-electron chi connectivity index (χ2n) is 4.46. The molecule has 110 valence electrons. The molecule has 0 spiro atoms. The van der Waals surface area contributed by atoms with Gasteiger partial charge in [0.05, 0.1) is 6.61 Å². The lowest BCUT2D eigenvalue weighted by atomic mass is 10.2. The minimum absolute atomic E-state index is 0.125. The molecule has 0 radical (unpaired) electrons. The number of carboxylic acids is 1. The number of hydrogen-bond donors (Lipinski definition) is 1. The van der Waals surface area contributed by atoms with Crippen LogP contribution in [0.2, 0.25) is 5.02 Å². The van der Waals surface area contributed by atoms with Gasteiger partial charge < -0.3 is 9.84 Å². The van der Waals surface area contributed by atoms with Crippen molar-refractivity contribution in [3.63, 3.8) is 0 Å². The van der Waals surface area contributed by atoms with Gasteiger partial charge in [0, 0.05) is 15.7 Å². The minimum atomic E-state index is -1.02. The minimum Gasteiger partial charge on any atom is -0.492 e. The van der Waals surface area contributed by atoms with Crippen molar-refractivity contribution in [3.8, 4) is 5.75 Å². The molecule has 0 aliphatic carbocycles. The number of hydrogen-bond acceptors (Lipinski definition) is 3. The molecular weight excluding hydrogens is 308 g/mol. The predicted molar refractivity (Wildman–Crippen MR) is 85.8 cm³/mol. The standard InChI is InChI=1S/C16H15ClO3S/c1-11-2-5-13(6-3-11)21-9-8-20-15-10-12(17)4-7-14(15)16(18)19/h2-7,10H,8-9H2,1H3,(H,18,19). The maximum Gasteiger partial charge on any atom is 0.339 e. The number of carboxylic acid groups (broad SMARTS) is 1. The third-order valence-electron chi connectivity index (χ3n) is 2.80. The second-order valence-corrected chi connectivity index (χ2v) is 6.06. The lowest BCUT2D eigenvalue weighted by molar-refractivity contribution is 0.0692. The predicted octanol–water partition coefficient (Wildman–Crippen LogP) is 4.52. The molecule has 0 amide bonds. The number of halogens is 1. The molecular formula is C16H15ClO3S. The van der Waals surface area contributed by atoms with Crippen LogP contribution in [0.15, 0.2) is 47.4 Å². The highest BCUT2D eigenvalue weighted by molar-refractivity contribution is 7.99. The molecule has 1 N–H and O–H groups in total. The van der Waals surface area contributed by atoms with Gasteiger partial charge >= 0.3 is 5.97 Å². The summed E-state index contributed by atoms with van der Waals surface area (Å²) in [4.78, 5) is 12.3. The van der Waals surface area contributed by atoms with Crippen molar-refractivity contribution >= 4 is 29.3 Å². The summed E-state index contributed by atoms with van der Waals surface area (Å²) >= 11 is 7.53. The van der Waals surface area contributed by atoms with E-state index in [1.54, 1.807) is 17.8 Å². The fourth-order valence-corrected chi connectivity index (χ4v) is 2.63. The van der Waals surface area contributed by atoms with E-state index in [-0.39, 0.29) is 5.56 Å². The molecule has 5 heteroatoms. The Morgan fingerprint density at radius 1 is 1.24 bits per heavy atom. The van der Waals surface area contributed by atoms with Crippen molar-refractivity contribution < 1.29 is 14.6 Å². The van der Waals surface area contributed by atoms with Crippen LogP contribution in [0.5, 0.6) is 5.75 Å². The molecule has 2 aromatic carbocycles. The van der Waals surface area contributed by atoms with E-state index >= 15 is 0 Å². The van der Waals surface area contributed by atoms with E-state index < -0.39 is 5.97 Å². The van der Waals surface area contributed by atoms with Gasteiger partial charge in [0.15, 0.2) is 0 Å². The monoisotopic (exact) mass is 322 g/mol. The van der Waals surface area contributed by atoms with Crippen LogP contribution in [0.25, 0.3) is 0 Å². The first-order valence-electron chi connectivity index (χ1n) is 6.41. The molecule has 0 saturated heterocycles. The Kier molecular flexibility index (Phi) is 5.53. The largest absolute Gasteiger partial charge is 0.492 e. The molecule has 0 aromatic heterocycles. The molecule has 0 atom stereocenters. The van der Waals surface area contributed by atoms with Crippen molar-refractivity contribution in [1.82, 2.24) is 0 Å². The first-order chi connectivity index (χ1) is 10.1. The molecule has 0 bridgehead atoms. The van der Waals surface area contributed by atoms with Gasteiger partial charge in [-0.1, -0.05) is 29.3 Å². The van der Waals surface area contributed by atoms with Gasteiger partial charge in [-0.15, -0.1) is 11.8 Å². The van der Waals surface area contributed by atoms with Crippen LogP contribution in [0.3, 0.4) is 0 Å². The third-order valence-corrected chi connectivity index (χ3v) is 4.02. The Balaban J connectivity index is 1.90. The molecule has 0 aliphatic rings. The lowest BCUT2D eigenvalue weighted by Crippen LogP contribution is -2.06. The fourth-order valence-electron chi connectivity index (χ4n) is 1.74. The highest BCUT2D eigenvalue weighted by Gasteiger charge is 2.11. The fraction of sp³-hybridized carbons (Fsp3) is 0.188. The van der Waals surface area contributed by atoms with Crippen LogP contribution in [-0.4, -0.2) is 23.4 Å². The summed E-state index contributed by atoms with van der Waals surface area (Å²) in [5, 5.41) is 9.55. The SMILES string of the molecule is Cc1ccc(SCCOc2cc(Cl)ccc2C(=O)O)cc1. The number of aryl methyl sites for hydroxylation is 1. The zero-order chi connectivity index (χ0) is 15.2. The van der Waals surface area contributed by atoms with E-state index in [0.717, 1.165) is 10.6 Å². The summed E-state index contributed by atoms with van der Waals surface area (Å²) in [5.41, 5.74) is 1.35. The lowest BCUT2D eigenvalue weighted by Gasteiger charge is -2.09. The number of benzene rings is 2. The quantitative estimate of drug-likeness (QED) is 0.627. The topological polar surface area (TPSA) is 46.5 Å². The summed E-state index contributed by atoms with van der Waals surface area (Å²) in [6.45, 7) is 2.46. The average molecular weight is 323 g/mol. The molecule has 21 heavy (non-hydrogen) atoms. The summed E-state index contributed by atoms with van der Waals surface area (Å²) in [7, 11) is 0. The van der Waals surface area contributed by atoms with Crippen LogP contribution in [0, 0.1) is 6.92 Å². The molecule has 0 saturated carbocycles. The van der Waals surface area contributed by atoms with Crippen LogP contribution in [-0.2, 0) is 0 Å². The Hall–Kier alpha value is -1.65. The maximum absolute atomic E-state index is 11.1. The third kappa shape index (κ3) is 4.69. The summed E-state index contributed by atoms with van der Waals surface area (Å²) in [6.07, 6.45) is 0. The number of ether oxygens (including phenoxy) is 1. The maximum atomic E-state index is 11.1. The van der Waals surface area contributed by atoms with Crippen molar-refractivity contribution in [3.05, 3.63) is 58.6 Å². The van der Waals surface area contributed by atoms with E-state index in [0.29, 0.717) is 17.4 Å². The van der Waals surface area contributed by atoms with Crippen molar-refractivity contribution in [1.29, 1.82) is 0 Å². The van der Waals surface area contributed by atoms with E-state index in [1.165, 1.54) is 17.7 Å². The highest BCUT2D eigenvalue weighted by Crippen LogP contribution is 2.24. The highest BCUT2D eigenvalue weighted by atomic mass is 35.5. The van der Waals surface area contributed by atoms with Gasteiger partial charge in [0.2, 0.25) is 0 Å². The number of aromatic carboxylic acids is 1. The Morgan fingerprint density at radius 3 is 2.62 bits per heavy atom. The van der Waals surface area contributed by atoms with Gasteiger partial charge in [-0.2, -0.15) is 0 Å². The molecule has 2 rings (SSSR count). The van der Waals surface area contributed by atoms with Crippen LogP contribution in [0.4, 0.5) is 0 Å². The normalized spacial score (nSPS) is 10.4. The van der Waals surface area contributed by atoms with Gasteiger partial charge in [-0.3, -0.25) is 0 Å². The molecule has 0 fully saturated rings. The molecule has 0 heterocycles. The zero-order valence-corrected chi connectivity index (χ0v) is 13.1. The first kappa shape index (κ1) is 15.7. The number of rotatable bonds is 6. The van der Waals surface area contributed by atoms with Gasteiger partial charge in [0.1, 0.15) is 11.3 Å². The van der Waals surface area contributed by atoms with Crippen molar-refractivity contribution in [2.45, 2.75) is 11.8 Å². The van der Waals surface area contributed by atoms with Gasteiger partial charge in [-0.05, 0) is 37.3 Å². The molecule has 0 unspecified atom stereocenters.